The Bertz CT molecular complexity index is 761. The van der Waals surface area contributed by atoms with Crippen molar-refractivity contribution < 1.29 is 14.3 Å². The second-order valence-corrected chi connectivity index (χ2v) is 6.97. The second-order valence-electron chi connectivity index (χ2n) is 6.22. The van der Waals surface area contributed by atoms with Crippen molar-refractivity contribution in [1.29, 1.82) is 0 Å². The number of aliphatic hydroxyl groups is 1. The van der Waals surface area contributed by atoms with Crippen molar-refractivity contribution in [3.8, 4) is 11.3 Å². The summed E-state index contributed by atoms with van der Waals surface area (Å²) in [7, 11) is 0. The maximum absolute atomic E-state index is 13.1. The molecule has 0 aliphatic heterocycles. The number of nitrogens with zero attached hydrogens (tertiary/aromatic N) is 2. The quantitative estimate of drug-likeness (QED) is 0.818. The zero-order valence-electron chi connectivity index (χ0n) is 13.1. The highest BCUT2D eigenvalue weighted by atomic mass is 79.9. The SMILES string of the molecule is C[C@@](O)(CNC(=O)c1cnc(Br)c(-c2ccc(F)cc2)n1)C1CC1. The third-order valence-electron chi connectivity index (χ3n) is 4.14. The number of amides is 1. The van der Waals surface area contributed by atoms with Crippen LogP contribution < -0.4 is 5.32 Å². The van der Waals surface area contributed by atoms with E-state index in [9.17, 15) is 14.3 Å². The summed E-state index contributed by atoms with van der Waals surface area (Å²) in [6.45, 7) is 1.89. The Labute approximate surface area is 147 Å². The number of halogens is 2. The summed E-state index contributed by atoms with van der Waals surface area (Å²) < 4.78 is 13.5. The van der Waals surface area contributed by atoms with Gasteiger partial charge in [0.15, 0.2) is 0 Å². The van der Waals surface area contributed by atoms with Gasteiger partial charge in [-0.1, -0.05) is 0 Å². The molecule has 1 aliphatic carbocycles. The van der Waals surface area contributed by atoms with Gasteiger partial charge in [-0.2, -0.15) is 0 Å². The molecule has 0 spiro atoms. The summed E-state index contributed by atoms with van der Waals surface area (Å²) in [6, 6.07) is 5.79. The van der Waals surface area contributed by atoms with Crippen LogP contribution >= 0.6 is 15.9 Å². The minimum Gasteiger partial charge on any atom is -0.388 e. The van der Waals surface area contributed by atoms with Crippen LogP contribution in [0.3, 0.4) is 0 Å². The van der Waals surface area contributed by atoms with Crippen LogP contribution in [-0.2, 0) is 0 Å². The Balaban J connectivity index is 1.77. The summed E-state index contributed by atoms with van der Waals surface area (Å²) in [5.41, 5.74) is 0.342. The zero-order chi connectivity index (χ0) is 17.3. The molecule has 0 unspecified atom stereocenters. The van der Waals surface area contributed by atoms with Crippen molar-refractivity contribution in [3.63, 3.8) is 0 Å². The van der Waals surface area contributed by atoms with Crippen LogP contribution in [0.5, 0.6) is 0 Å². The number of carbonyl (C=O) groups is 1. The van der Waals surface area contributed by atoms with Crippen molar-refractivity contribution in [3.05, 3.63) is 46.6 Å². The molecule has 1 aliphatic rings. The summed E-state index contributed by atoms with van der Waals surface area (Å²) in [5.74, 6) is -0.512. The van der Waals surface area contributed by atoms with Gasteiger partial charge >= 0.3 is 0 Å². The summed E-state index contributed by atoms with van der Waals surface area (Å²) >= 11 is 3.29. The van der Waals surface area contributed by atoms with Crippen molar-refractivity contribution >= 4 is 21.8 Å². The number of hydrogen-bond donors (Lipinski definition) is 2. The van der Waals surface area contributed by atoms with Gasteiger partial charge in [-0.3, -0.25) is 4.79 Å². The molecule has 24 heavy (non-hydrogen) atoms. The number of benzene rings is 1. The molecule has 1 fully saturated rings. The fourth-order valence-corrected chi connectivity index (χ4v) is 2.89. The topological polar surface area (TPSA) is 75.1 Å². The highest BCUT2D eigenvalue weighted by molar-refractivity contribution is 9.10. The fourth-order valence-electron chi connectivity index (χ4n) is 2.47. The molecule has 3 rings (SSSR count). The van der Waals surface area contributed by atoms with E-state index < -0.39 is 11.5 Å². The van der Waals surface area contributed by atoms with Gasteiger partial charge in [0.2, 0.25) is 0 Å². The Morgan fingerprint density at radius 3 is 2.71 bits per heavy atom. The molecule has 5 nitrogen and oxygen atoms in total. The lowest BCUT2D eigenvalue weighted by Crippen LogP contribution is -2.42. The molecule has 7 heteroatoms. The van der Waals surface area contributed by atoms with E-state index in [1.54, 1.807) is 19.1 Å². The number of nitrogens with one attached hydrogen (secondary N) is 1. The Hall–Kier alpha value is -1.86. The van der Waals surface area contributed by atoms with E-state index in [1.165, 1.54) is 18.3 Å². The predicted molar refractivity (Wildman–Crippen MR) is 90.8 cm³/mol. The minimum atomic E-state index is -0.905. The van der Waals surface area contributed by atoms with Crippen LogP contribution in [-0.4, -0.2) is 33.1 Å². The summed E-state index contributed by atoms with van der Waals surface area (Å²) in [5, 5.41) is 13.0. The Morgan fingerprint density at radius 1 is 1.42 bits per heavy atom. The first-order chi connectivity index (χ1) is 11.4. The molecule has 2 N–H and O–H groups in total. The third-order valence-corrected chi connectivity index (χ3v) is 4.72. The van der Waals surface area contributed by atoms with E-state index in [1.807, 2.05) is 0 Å². The van der Waals surface area contributed by atoms with Gasteiger partial charge in [-0.15, -0.1) is 0 Å². The van der Waals surface area contributed by atoms with E-state index >= 15 is 0 Å². The molecule has 0 saturated heterocycles. The van der Waals surface area contributed by atoms with Gasteiger partial charge < -0.3 is 10.4 Å². The van der Waals surface area contributed by atoms with Gasteiger partial charge in [0.05, 0.1) is 11.8 Å². The molecular formula is C17H17BrFN3O2. The van der Waals surface area contributed by atoms with E-state index in [2.05, 4.69) is 31.2 Å². The highest BCUT2D eigenvalue weighted by Gasteiger charge is 2.40. The number of rotatable bonds is 5. The largest absolute Gasteiger partial charge is 0.388 e. The molecule has 1 atom stereocenters. The van der Waals surface area contributed by atoms with E-state index in [0.29, 0.717) is 15.9 Å². The van der Waals surface area contributed by atoms with Crippen molar-refractivity contribution in [2.75, 3.05) is 6.54 Å². The average Bonchev–Trinajstić information content (AvgIpc) is 3.40. The first-order valence-electron chi connectivity index (χ1n) is 7.66. The zero-order valence-corrected chi connectivity index (χ0v) is 14.7. The average molecular weight is 394 g/mol. The first kappa shape index (κ1) is 17.0. The number of carbonyl (C=O) groups excluding carboxylic acids is 1. The van der Waals surface area contributed by atoms with Gasteiger partial charge in [0.25, 0.3) is 5.91 Å². The molecule has 1 saturated carbocycles. The minimum absolute atomic E-state index is 0.143. The summed E-state index contributed by atoms with van der Waals surface area (Å²) in [6.07, 6.45) is 3.32. The second kappa shape index (κ2) is 6.57. The highest BCUT2D eigenvalue weighted by Crippen LogP contribution is 2.39. The lowest BCUT2D eigenvalue weighted by molar-refractivity contribution is 0.0353. The van der Waals surface area contributed by atoms with E-state index in [-0.39, 0.29) is 24.0 Å². The predicted octanol–water partition coefficient (Wildman–Crippen LogP) is 2.94. The van der Waals surface area contributed by atoms with Crippen LogP contribution in [0.25, 0.3) is 11.3 Å². The van der Waals surface area contributed by atoms with Gasteiger partial charge in [-0.25, -0.2) is 14.4 Å². The molecular weight excluding hydrogens is 377 g/mol. The molecule has 0 radical (unpaired) electrons. The van der Waals surface area contributed by atoms with E-state index in [4.69, 9.17) is 0 Å². The number of hydrogen-bond acceptors (Lipinski definition) is 4. The molecule has 1 amide bonds. The monoisotopic (exact) mass is 393 g/mol. The van der Waals surface area contributed by atoms with Gasteiger partial charge in [0, 0.05) is 12.1 Å². The molecule has 1 heterocycles. The Kier molecular flexibility index (Phi) is 4.64. The van der Waals surface area contributed by atoms with E-state index in [0.717, 1.165) is 12.8 Å². The molecule has 1 aromatic heterocycles. The van der Waals surface area contributed by atoms with Crippen molar-refractivity contribution in [2.24, 2.45) is 5.92 Å². The van der Waals surface area contributed by atoms with Crippen molar-refractivity contribution in [2.45, 2.75) is 25.4 Å². The van der Waals surface area contributed by atoms with Crippen molar-refractivity contribution in [1.82, 2.24) is 15.3 Å². The molecule has 126 valence electrons. The first-order valence-corrected chi connectivity index (χ1v) is 8.45. The molecule has 1 aromatic carbocycles. The standard InChI is InChI=1S/C17H17BrFN3O2/c1-17(24,11-4-5-11)9-21-16(23)13-8-20-15(18)14(22-13)10-2-6-12(19)7-3-10/h2-3,6-8,11,24H,4-5,9H2,1H3,(H,21,23)/t17-/m1/s1. The third kappa shape index (κ3) is 3.79. The fraction of sp³-hybridized carbons (Fsp3) is 0.353. The lowest BCUT2D eigenvalue weighted by atomic mass is 10.0. The van der Waals surface area contributed by atoms with Crippen LogP contribution in [0.4, 0.5) is 4.39 Å². The van der Waals surface area contributed by atoms with Gasteiger partial charge in [0.1, 0.15) is 21.8 Å². The lowest BCUT2D eigenvalue weighted by Gasteiger charge is -2.23. The van der Waals surface area contributed by atoms with Gasteiger partial charge in [-0.05, 0) is 65.9 Å². The summed E-state index contributed by atoms with van der Waals surface area (Å²) in [4.78, 5) is 20.7. The number of aromatic nitrogens is 2. The maximum atomic E-state index is 13.1. The van der Waals surface area contributed by atoms with Crippen LogP contribution in [0, 0.1) is 11.7 Å². The molecule has 0 bridgehead atoms. The van der Waals surface area contributed by atoms with Crippen LogP contribution in [0.1, 0.15) is 30.3 Å². The molecule has 2 aromatic rings. The van der Waals surface area contributed by atoms with Crippen LogP contribution in [0.15, 0.2) is 35.1 Å². The maximum Gasteiger partial charge on any atom is 0.271 e. The Morgan fingerprint density at radius 2 is 2.08 bits per heavy atom. The normalized spacial score (nSPS) is 16.5. The smallest absolute Gasteiger partial charge is 0.271 e. The van der Waals surface area contributed by atoms with Crippen LogP contribution in [0.2, 0.25) is 0 Å².